The molecule has 29 heavy (non-hydrogen) atoms. The number of fused-ring (bicyclic) bond motifs is 2. The monoisotopic (exact) mass is 394 g/mol. The summed E-state index contributed by atoms with van der Waals surface area (Å²) < 4.78 is 12.1. The van der Waals surface area contributed by atoms with Gasteiger partial charge in [-0.15, -0.1) is 0 Å². The minimum Gasteiger partial charge on any atom is -0.478 e. The van der Waals surface area contributed by atoms with Crippen molar-refractivity contribution in [3.05, 3.63) is 58.7 Å². The van der Waals surface area contributed by atoms with Gasteiger partial charge in [-0.2, -0.15) is 0 Å². The lowest BCUT2D eigenvalue weighted by atomic mass is 9.86. The van der Waals surface area contributed by atoms with Crippen molar-refractivity contribution in [3.8, 4) is 11.5 Å². The van der Waals surface area contributed by atoms with E-state index in [1.54, 1.807) is 0 Å². The number of hydrogen-bond donors (Lipinski definition) is 0. The molecule has 0 N–H and O–H groups in total. The van der Waals surface area contributed by atoms with E-state index < -0.39 is 0 Å². The van der Waals surface area contributed by atoms with Gasteiger partial charge >= 0.3 is 0 Å². The first kappa shape index (κ1) is 20.2. The van der Waals surface area contributed by atoms with Crippen LogP contribution < -0.4 is 9.47 Å². The summed E-state index contributed by atoms with van der Waals surface area (Å²) in [5, 5.41) is 0. The molecule has 4 nitrogen and oxygen atoms in total. The Morgan fingerprint density at radius 2 is 1.10 bits per heavy atom. The predicted molar refractivity (Wildman–Crippen MR) is 117 cm³/mol. The highest BCUT2D eigenvalue weighted by molar-refractivity contribution is 5.41. The highest BCUT2D eigenvalue weighted by atomic mass is 16.5. The second kappa shape index (κ2) is 7.33. The third-order valence-electron chi connectivity index (χ3n) is 5.85. The molecule has 2 heterocycles. The molecule has 2 aliphatic rings. The Hall–Kier alpha value is -2.04. The van der Waals surface area contributed by atoms with Crippen molar-refractivity contribution in [2.75, 3.05) is 20.1 Å². The zero-order valence-electron chi connectivity index (χ0n) is 18.7. The smallest absolute Gasteiger partial charge is 0.143 e. The fraction of sp³-hybridized carbons (Fsp3) is 0.520. The standard InChI is InChI=1S/C25H34N2O2/c1-24(2,3)20-7-9-22-18(11-20)13-26(16-28-22)15-27-14-19-12-21(25(4,5)6)8-10-23(19)29-17-27/h7-12H,13-17H2,1-6H3. The lowest BCUT2D eigenvalue weighted by molar-refractivity contribution is -0.00350. The number of rotatable bonds is 2. The number of hydrogen-bond acceptors (Lipinski definition) is 4. The molecule has 0 saturated heterocycles. The molecule has 0 atom stereocenters. The highest BCUT2D eigenvalue weighted by Gasteiger charge is 2.25. The van der Waals surface area contributed by atoms with Crippen LogP contribution in [-0.2, 0) is 23.9 Å². The van der Waals surface area contributed by atoms with E-state index in [1.165, 1.54) is 22.3 Å². The van der Waals surface area contributed by atoms with Gasteiger partial charge in [-0.25, -0.2) is 0 Å². The van der Waals surface area contributed by atoms with E-state index in [4.69, 9.17) is 9.47 Å². The van der Waals surface area contributed by atoms with Gasteiger partial charge < -0.3 is 9.47 Å². The molecule has 0 saturated carbocycles. The first-order valence-corrected chi connectivity index (χ1v) is 10.6. The van der Waals surface area contributed by atoms with Crippen molar-refractivity contribution in [1.82, 2.24) is 9.80 Å². The van der Waals surface area contributed by atoms with Gasteiger partial charge in [-0.3, -0.25) is 9.80 Å². The molecule has 2 aliphatic heterocycles. The summed E-state index contributed by atoms with van der Waals surface area (Å²) in [6, 6.07) is 13.2. The average molecular weight is 395 g/mol. The summed E-state index contributed by atoms with van der Waals surface area (Å²) >= 11 is 0. The molecular formula is C25H34N2O2. The molecule has 0 bridgehead atoms. The van der Waals surface area contributed by atoms with Crippen molar-refractivity contribution in [2.24, 2.45) is 0 Å². The Kier molecular flexibility index (Phi) is 5.12. The van der Waals surface area contributed by atoms with Crippen molar-refractivity contribution < 1.29 is 9.47 Å². The normalized spacial score (nSPS) is 17.9. The molecule has 156 valence electrons. The molecule has 0 amide bonds. The van der Waals surface area contributed by atoms with Crippen LogP contribution >= 0.6 is 0 Å². The molecule has 0 fully saturated rings. The Labute approximate surface area is 175 Å². The lowest BCUT2D eigenvalue weighted by Gasteiger charge is -2.36. The van der Waals surface area contributed by atoms with Crippen LogP contribution in [0.5, 0.6) is 11.5 Å². The maximum absolute atomic E-state index is 6.04. The second-order valence-corrected chi connectivity index (χ2v) is 10.5. The Morgan fingerprint density at radius 3 is 1.48 bits per heavy atom. The molecule has 4 rings (SSSR count). The van der Waals surface area contributed by atoms with E-state index >= 15 is 0 Å². The van der Waals surface area contributed by atoms with E-state index in [9.17, 15) is 0 Å². The Morgan fingerprint density at radius 1 is 0.690 bits per heavy atom. The van der Waals surface area contributed by atoms with Crippen LogP contribution in [0.15, 0.2) is 36.4 Å². The molecule has 0 spiro atoms. The van der Waals surface area contributed by atoms with E-state index in [2.05, 4.69) is 87.7 Å². The molecule has 0 unspecified atom stereocenters. The number of nitrogens with zero attached hydrogens (tertiary/aromatic N) is 2. The topological polar surface area (TPSA) is 24.9 Å². The van der Waals surface area contributed by atoms with Gasteiger partial charge in [0, 0.05) is 24.2 Å². The van der Waals surface area contributed by atoms with Gasteiger partial charge in [0.1, 0.15) is 25.0 Å². The highest BCUT2D eigenvalue weighted by Crippen LogP contribution is 2.33. The zero-order valence-corrected chi connectivity index (χ0v) is 18.7. The van der Waals surface area contributed by atoms with Gasteiger partial charge in [-0.1, -0.05) is 65.8 Å². The Balaban J connectivity index is 1.45. The molecule has 0 radical (unpaired) electrons. The maximum Gasteiger partial charge on any atom is 0.143 e. The predicted octanol–water partition coefficient (Wildman–Crippen LogP) is 5.24. The fourth-order valence-corrected chi connectivity index (χ4v) is 3.98. The molecule has 2 aromatic carbocycles. The number of ether oxygens (including phenoxy) is 2. The van der Waals surface area contributed by atoms with E-state index in [-0.39, 0.29) is 10.8 Å². The van der Waals surface area contributed by atoms with Crippen molar-refractivity contribution in [2.45, 2.75) is 65.5 Å². The second-order valence-electron chi connectivity index (χ2n) is 10.5. The summed E-state index contributed by atoms with van der Waals surface area (Å²) in [4.78, 5) is 4.69. The SMILES string of the molecule is CC(C)(C)c1ccc2c(c1)CN(CN1COc3ccc(C(C)(C)C)cc3C1)CO2. The Bertz CT molecular complexity index is 819. The van der Waals surface area contributed by atoms with Gasteiger partial charge in [0.15, 0.2) is 0 Å². The van der Waals surface area contributed by atoms with Crippen LogP contribution in [-0.4, -0.2) is 29.9 Å². The minimum absolute atomic E-state index is 0.145. The van der Waals surface area contributed by atoms with Crippen molar-refractivity contribution >= 4 is 0 Å². The van der Waals surface area contributed by atoms with Crippen LogP contribution in [0.1, 0.15) is 63.8 Å². The maximum atomic E-state index is 6.04. The summed E-state index contributed by atoms with van der Waals surface area (Å²) in [7, 11) is 0. The molecular weight excluding hydrogens is 360 g/mol. The largest absolute Gasteiger partial charge is 0.478 e. The third-order valence-corrected chi connectivity index (χ3v) is 5.85. The third kappa shape index (κ3) is 4.44. The van der Waals surface area contributed by atoms with Crippen LogP contribution in [0.25, 0.3) is 0 Å². The average Bonchev–Trinajstić information content (AvgIpc) is 2.65. The quantitative estimate of drug-likeness (QED) is 0.695. The molecule has 2 aromatic rings. The van der Waals surface area contributed by atoms with Gasteiger partial charge in [0.05, 0.1) is 6.67 Å². The van der Waals surface area contributed by atoms with Crippen LogP contribution in [0.4, 0.5) is 0 Å². The van der Waals surface area contributed by atoms with E-state index in [0.29, 0.717) is 13.5 Å². The van der Waals surface area contributed by atoms with E-state index in [1.807, 2.05) is 0 Å². The molecule has 0 aromatic heterocycles. The van der Waals surface area contributed by atoms with Crippen molar-refractivity contribution in [3.63, 3.8) is 0 Å². The summed E-state index contributed by atoms with van der Waals surface area (Å²) in [5.41, 5.74) is 5.55. The first-order valence-electron chi connectivity index (χ1n) is 10.6. The summed E-state index contributed by atoms with van der Waals surface area (Å²) in [5.74, 6) is 2.04. The van der Waals surface area contributed by atoms with Gasteiger partial charge in [0.2, 0.25) is 0 Å². The summed E-state index contributed by atoms with van der Waals surface area (Å²) in [6.07, 6.45) is 0. The fourth-order valence-electron chi connectivity index (χ4n) is 3.98. The first-order chi connectivity index (χ1) is 13.6. The molecule has 4 heteroatoms. The van der Waals surface area contributed by atoms with Crippen LogP contribution in [0.2, 0.25) is 0 Å². The van der Waals surface area contributed by atoms with Gasteiger partial charge in [0.25, 0.3) is 0 Å². The van der Waals surface area contributed by atoms with E-state index in [0.717, 1.165) is 31.3 Å². The van der Waals surface area contributed by atoms with Crippen LogP contribution in [0.3, 0.4) is 0 Å². The van der Waals surface area contributed by atoms with Crippen molar-refractivity contribution in [1.29, 1.82) is 0 Å². The zero-order chi connectivity index (χ0) is 20.8. The number of benzene rings is 2. The van der Waals surface area contributed by atoms with Gasteiger partial charge in [-0.05, 0) is 34.1 Å². The molecule has 0 aliphatic carbocycles. The summed E-state index contributed by atoms with van der Waals surface area (Å²) in [6.45, 7) is 17.4. The lowest BCUT2D eigenvalue weighted by Crippen LogP contribution is -2.44. The van der Waals surface area contributed by atoms with Crippen LogP contribution in [0, 0.1) is 0 Å². The minimum atomic E-state index is 0.145.